The molecule has 0 heterocycles. The summed E-state index contributed by atoms with van der Waals surface area (Å²) in [5.41, 5.74) is 0. The fourth-order valence-electron chi connectivity index (χ4n) is 2.18. The van der Waals surface area contributed by atoms with E-state index in [0.29, 0.717) is 11.4 Å². The van der Waals surface area contributed by atoms with Gasteiger partial charge in [-0.1, -0.05) is 51.3 Å². The van der Waals surface area contributed by atoms with Crippen LogP contribution in [0.25, 0.3) is 0 Å². The highest BCUT2D eigenvalue weighted by Crippen LogP contribution is 2.20. The first kappa shape index (κ1) is 18.4. The minimum absolute atomic E-state index is 0.0421. The minimum atomic E-state index is -3.69. The van der Waals surface area contributed by atoms with Crippen LogP contribution < -0.4 is 4.72 Å². The van der Waals surface area contributed by atoms with Gasteiger partial charge in [-0.15, -0.1) is 0 Å². The SMILES string of the molecule is CCCC(O)[C@@H](NS(=O)(=O)c1cccc(Cl)c1)[C@@H](C)CC. The van der Waals surface area contributed by atoms with E-state index < -0.39 is 22.2 Å². The average Bonchev–Trinajstić information content (AvgIpc) is 2.44. The Balaban J connectivity index is 3.01. The molecule has 1 aromatic carbocycles. The first-order chi connectivity index (χ1) is 9.81. The predicted molar refractivity (Wildman–Crippen MR) is 85.9 cm³/mol. The molecule has 0 saturated heterocycles. The number of hydrogen-bond acceptors (Lipinski definition) is 3. The van der Waals surface area contributed by atoms with Crippen LogP contribution in [0.5, 0.6) is 0 Å². The zero-order valence-electron chi connectivity index (χ0n) is 12.7. The van der Waals surface area contributed by atoms with Crippen molar-refractivity contribution < 1.29 is 13.5 Å². The van der Waals surface area contributed by atoms with Crippen molar-refractivity contribution >= 4 is 21.6 Å². The summed E-state index contributed by atoms with van der Waals surface area (Å²) >= 11 is 5.85. The first-order valence-electron chi connectivity index (χ1n) is 7.27. The van der Waals surface area contributed by atoms with Crippen LogP contribution in [0.4, 0.5) is 0 Å². The average molecular weight is 334 g/mol. The van der Waals surface area contributed by atoms with E-state index in [1.807, 2.05) is 20.8 Å². The lowest BCUT2D eigenvalue weighted by atomic mass is 9.93. The van der Waals surface area contributed by atoms with E-state index in [4.69, 9.17) is 11.6 Å². The third-order valence-corrected chi connectivity index (χ3v) is 5.35. The third kappa shape index (κ3) is 5.25. The van der Waals surface area contributed by atoms with Crippen LogP contribution in [-0.4, -0.2) is 25.7 Å². The summed E-state index contributed by atoms with van der Waals surface area (Å²) in [6, 6.07) is 5.62. The van der Waals surface area contributed by atoms with Crippen molar-refractivity contribution in [3.8, 4) is 0 Å². The summed E-state index contributed by atoms with van der Waals surface area (Å²) in [7, 11) is -3.69. The summed E-state index contributed by atoms with van der Waals surface area (Å²) in [4.78, 5) is 0.118. The van der Waals surface area contributed by atoms with Gasteiger partial charge in [-0.25, -0.2) is 13.1 Å². The number of rotatable bonds is 8. The Morgan fingerprint density at radius 3 is 2.52 bits per heavy atom. The van der Waals surface area contributed by atoms with Crippen LogP contribution in [0.1, 0.15) is 40.0 Å². The van der Waals surface area contributed by atoms with Crippen molar-refractivity contribution in [3.05, 3.63) is 29.3 Å². The summed E-state index contributed by atoms with van der Waals surface area (Å²) in [5, 5.41) is 10.6. The molecule has 0 radical (unpaired) electrons. The van der Waals surface area contributed by atoms with Gasteiger partial charge in [0, 0.05) is 5.02 Å². The van der Waals surface area contributed by atoms with Gasteiger partial charge < -0.3 is 5.11 Å². The normalized spacial score (nSPS) is 16.4. The van der Waals surface area contributed by atoms with Crippen LogP contribution in [0, 0.1) is 5.92 Å². The van der Waals surface area contributed by atoms with Crippen molar-refractivity contribution in [1.29, 1.82) is 0 Å². The molecule has 0 bridgehead atoms. The molecule has 0 aliphatic rings. The number of sulfonamides is 1. The molecular formula is C15H24ClNO3S. The van der Waals surface area contributed by atoms with E-state index in [0.717, 1.165) is 12.8 Å². The molecule has 0 fully saturated rings. The molecule has 1 rings (SSSR count). The smallest absolute Gasteiger partial charge is 0.240 e. The van der Waals surface area contributed by atoms with Crippen molar-refractivity contribution in [2.45, 2.75) is 57.1 Å². The van der Waals surface area contributed by atoms with Crippen molar-refractivity contribution in [2.75, 3.05) is 0 Å². The Morgan fingerprint density at radius 2 is 2.00 bits per heavy atom. The lowest BCUT2D eigenvalue weighted by molar-refractivity contribution is 0.102. The molecule has 0 spiro atoms. The molecule has 21 heavy (non-hydrogen) atoms. The fraction of sp³-hybridized carbons (Fsp3) is 0.600. The zero-order chi connectivity index (χ0) is 16.0. The van der Waals surface area contributed by atoms with Gasteiger partial charge in [-0.05, 0) is 30.5 Å². The molecule has 6 heteroatoms. The van der Waals surface area contributed by atoms with Gasteiger partial charge in [0.25, 0.3) is 0 Å². The van der Waals surface area contributed by atoms with E-state index in [1.165, 1.54) is 12.1 Å². The number of benzene rings is 1. The van der Waals surface area contributed by atoms with Crippen molar-refractivity contribution in [2.24, 2.45) is 5.92 Å². The van der Waals surface area contributed by atoms with Gasteiger partial charge >= 0.3 is 0 Å². The van der Waals surface area contributed by atoms with E-state index in [9.17, 15) is 13.5 Å². The number of aliphatic hydroxyl groups is 1. The lowest BCUT2D eigenvalue weighted by Crippen LogP contribution is -2.47. The van der Waals surface area contributed by atoms with Gasteiger partial charge in [-0.3, -0.25) is 0 Å². The molecule has 1 aromatic rings. The Morgan fingerprint density at radius 1 is 1.33 bits per heavy atom. The number of hydrogen-bond donors (Lipinski definition) is 2. The maximum atomic E-state index is 12.4. The molecule has 2 N–H and O–H groups in total. The molecule has 0 saturated carbocycles. The second-order valence-corrected chi connectivity index (χ2v) is 7.50. The van der Waals surface area contributed by atoms with E-state index >= 15 is 0 Å². The molecule has 0 aliphatic heterocycles. The van der Waals surface area contributed by atoms with Gasteiger partial charge in [-0.2, -0.15) is 0 Å². The molecule has 0 amide bonds. The van der Waals surface area contributed by atoms with Crippen LogP contribution in [0.2, 0.25) is 5.02 Å². The van der Waals surface area contributed by atoms with Crippen molar-refractivity contribution in [3.63, 3.8) is 0 Å². The van der Waals surface area contributed by atoms with Crippen LogP contribution >= 0.6 is 11.6 Å². The summed E-state index contributed by atoms with van der Waals surface area (Å²) in [5.74, 6) is 0.0421. The summed E-state index contributed by atoms with van der Waals surface area (Å²) in [6.07, 6.45) is 1.45. The highest BCUT2D eigenvalue weighted by Gasteiger charge is 2.29. The Bertz CT molecular complexity index is 548. The molecule has 120 valence electrons. The first-order valence-corrected chi connectivity index (χ1v) is 9.13. The van der Waals surface area contributed by atoms with E-state index in [1.54, 1.807) is 12.1 Å². The molecule has 3 atom stereocenters. The van der Waals surface area contributed by atoms with E-state index in [2.05, 4.69) is 4.72 Å². The highest BCUT2D eigenvalue weighted by molar-refractivity contribution is 7.89. The Kier molecular flexibility index (Phi) is 7.13. The highest BCUT2D eigenvalue weighted by atomic mass is 35.5. The largest absolute Gasteiger partial charge is 0.391 e. The van der Waals surface area contributed by atoms with Crippen LogP contribution in [-0.2, 0) is 10.0 Å². The predicted octanol–water partition coefficient (Wildman–Crippen LogP) is 3.19. The quantitative estimate of drug-likeness (QED) is 0.767. The van der Waals surface area contributed by atoms with Gasteiger partial charge in [0.15, 0.2) is 0 Å². The van der Waals surface area contributed by atoms with Gasteiger partial charge in [0.1, 0.15) is 0 Å². The maximum absolute atomic E-state index is 12.4. The third-order valence-electron chi connectivity index (χ3n) is 3.65. The molecule has 4 nitrogen and oxygen atoms in total. The van der Waals surface area contributed by atoms with Crippen LogP contribution in [0.15, 0.2) is 29.2 Å². The standard InChI is InChI=1S/C15H24ClNO3S/c1-4-7-14(18)15(11(3)5-2)17-21(19,20)13-9-6-8-12(16)10-13/h6,8-11,14-15,17-18H,4-5,7H2,1-3H3/t11-,14?,15-/m0/s1. The maximum Gasteiger partial charge on any atom is 0.240 e. The summed E-state index contributed by atoms with van der Waals surface area (Å²) < 4.78 is 27.5. The molecular weight excluding hydrogens is 310 g/mol. The van der Waals surface area contributed by atoms with Crippen LogP contribution in [0.3, 0.4) is 0 Å². The molecule has 0 aliphatic carbocycles. The fourth-order valence-corrected chi connectivity index (χ4v) is 3.86. The second kappa shape index (κ2) is 8.13. The topological polar surface area (TPSA) is 66.4 Å². The molecule has 1 unspecified atom stereocenters. The monoisotopic (exact) mass is 333 g/mol. The minimum Gasteiger partial charge on any atom is -0.391 e. The number of aliphatic hydroxyl groups excluding tert-OH is 1. The Hall–Kier alpha value is -0.620. The van der Waals surface area contributed by atoms with Gasteiger partial charge in [0.2, 0.25) is 10.0 Å². The van der Waals surface area contributed by atoms with E-state index in [-0.39, 0.29) is 10.8 Å². The second-order valence-electron chi connectivity index (χ2n) is 5.35. The Labute approximate surface area is 132 Å². The number of halogens is 1. The number of nitrogens with one attached hydrogen (secondary N) is 1. The summed E-state index contributed by atoms with van der Waals surface area (Å²) in [6.45, 7) is 5.87. The molecule has 0 aromatic heterocycles. The van der Waals surface area contributed by atoms with Crippen molar-refractivity contribution in [1.82, 2.24) is 4.72 Å². The lowest BCUT2D eigenvalue weighted by Gasteiger charge is -2.28. The zero-order valence-corrected chi connectivity index (χ0v) is 14.3. The van der Waals surface area contributed by atoms with Gasteiger partial charge in [0.05, 0.1) is 17.0 Å².